The molecule has 4 heteroatoms. The lowest BCUT2D eigenvalue weighted by Crippen LogP contribution is -2.49. The Bertz CT molecular complexity index is 282. The van der Waals surface area contributed by atoms with Gasteiger partial charge in [-0.2, -0.15) is 0 Å². The van der Waals surface area contributed by atoms with Crippen LogP contribution < -0.4 is 5.32 Å². The molecule has 0 aromatic carbocycles. The predicted molar refractivity (Wildman–Crippen MR) is 65.7 cm³/mol. The Kier molecular flexibility index (Phi) is 4.97. The van der Waals surface area contributed by atoms with Gasteiger partial charge < -0.3 is 10.4 Å². The summed E-state index contributed by atoms with van der Waals surface area (Å²) in [5.41, 5.74) is -0.481. The lowest BCUT2D eigenvalue weighted by atomic mass is 9.91. The lowest BCUT2D eigenvalue weighted by Gasteiger charge is -2.30. The van der Waals surface area contributed by atoms with Crippen LogP contribution in [0.5, 0.6) is 0 Å². The second-order valence-electron chi connectivity index (χ2n) is 5.24. The summed E-state index contributed by atoms with van der Waals surface area (Å²) in [6.07, 6.45) is 5.49. The lowest BCUT2D eigenvalue weighted by molar-refractivity contribution is -0.139. The number of carbonyl (C=O) groups excluding carboxylic acids is 1. The summed E-state index contributed by atoms with van der Waals surface area (Å²) in [6.45, 7) is 3.95. The summed E-state index contributed by atoms with van der Waals surface area (Å²) in [5.74, 6) is -0.836. The maximum absolute atomic E-state index is 12.0. The summed E-state index contributed by atoms with van der Waals surface area (Å²) in [5, 5.41) is 11.9. The van der Waals surface area contributed by atoms with Crippen LogP contribution in [0.25, 0.3) is 0 Å². The van der Waals surface area contributed by atoms with Gasteiger partial charge >= 0.3 is 5.97 Å². The van der Waals surface area contributed by atoms with Crippen LogP contribution in [-0.4, -0.2) is 22.5 Å². The topological polar surface area (TPSA) is 66.4 Å². The van der Waals surface area contributed by atoms with Gasteiger partial charge in [-0.3, -0.25) is 9.59 Å². The van der Waals surface area contributed by atoms with Crippen molar-refractivity contribution >= 4 is 11.9 Å². The first-order valence-electron chi connectivity index (χ1n) is 6.53. The van der Waals surface area contributed by atoms with Crippen molar-refractivity contribution in [1.82, 2.24) is 5.32 Å². The smallest absolute Gasteiger partial charge is 0.305 e. The molecule has 1 saturated carbocycles. The minimum Gasteiger partial charge on any atom is -0.481 e. The predicted octanol–water partition coefficient (Wildman–Crippen LogP) is 2.33. The van der Waals surface area contributed by atoms with Crippen molar-refractivity contribution in [3.05, 3.63) is 0 Å². The Morgan fingerprint density at radius 2 is 1.94 bits per heavy atom. The van der Waals surface area contributed by atoms with Crippen molar-refractivity contribution in [2.75, 3.05) is 0 Å². The number of rotatable bonds is 6. The number of carbonyl (C=O) groups is 2. The molecule has 0 saturated heterocycles. The highest BCUT2D eigenvalue weighted by atomic mass is 16.4. The zero-order valence-corrected chi connectivity index (χ0v) is 10.8. The second-order valence-corrected chi connectivity index (χ2v) is 5.24. The maximum atomic E-state index is 12.0. The SMILES string of the molecule is CCCC(C)C(=O)NC1(CC(=O)O)CCCC1. The highest BCUT2D eigenvalue weighted by molar-refractivity contribution is 5.80. The number of hydrogen-bond acceptors (Lipinski definition) is 2. The fraction of sp³-hybridized carbons (Fsp3) is 0.846. The molecule has 0 heterocycles. The van der Waals surface area contributed by atoms with Gasteiger partial charge in [0, 0.05) is 5.92 Å². The van der Waals surface area contributed by atoms with Gasteiger partial charge in [-0.05, 0) is 19.3 Å². The molecule has 1 aliphatic carbocycles. The van der Waals surface area contributed by atoms with E-state index in [1.807, 2.05) is 13.8 Å². The highest BCUT2D eigenvalue weighted by Crippen LogP contribution is 2.33. The van der Waals surface area contributed by atoms with Crippen LogP contribution in [-0.2, 0) is 9.59 Å². The zero-order valence-electron chi connectivity index (χ0n) is 10.8. The molecule has 0 bridgehead atoms. The van der Waals surface area contributed by atoms with E-state index in [2.05, 4.69) is 5.32 Å². The van der Waals surface area contributed by atoms with Gasteiger partial charge in [0.15, 0.2) is 0 Å². The maximum Gasteiger partial charge on any atom is 0.305 e. The fourth-order valence-corrected chi connectivity index (χ4v) is 2.64. The first-order chi connectivity index (χ1) is 7.99. The van der Waals surface area contributed by atoms with Crippen LogP contribution >= 0.6 is 0 Å². The van der Waals surface area contributed by atoms with E-state index >= 15 is 0 Å². The van der Waals surface area contributed by atoms with Crippen LogP contribution in [0.3, 0.4) is 0 Å². The van der Waals surface area contributed by atoms with Crippen LogP contribution in [0.1, 0.15) is 58.8 Å². The van der Waals surface area contributed by atoms with Crippen molar-refractivity contribution in [2.45, 2.75) is 64.3 Å². The molecule has 0 aliphatic heterocycles. The molecule has 0 aromatic rings. The van der Waals surface area contributed by atoms with Gasteiger partial charge in [-0.1, -0.05) is 33.1 Å². The molecular weight excluding hydrogens is 218 g/mol. The quantitative estimate of drug-likeness (QED) is 0.750. The minimum atomic E-state index is -0.824. The molecule has 1 amide bonds. The molecular formula is C13H23NO3. The Morgan fingerprint density at radius 3 is 2.41 bits per heavy atom. The van der Waals surface area contributed by atoms with Crippen molar-refractivity contribution in [3.8, 4) is 0 Å². The molecule has 0 spiro atoms. The fourth-order valence-electron chi connectivity index (χ4n) is 2.64. The van der Waals surface area contributed by atoms with Crippen LogP contribution in [0.4, 0.5) is 0 Å². The molecule has 1 fully saturated rings. The zero-order chi connectivity index (χ0) is 12.9. The third-order valence-electron chi connectivity index (χ3n) is 3.61. The van der Waals surface area contributed by atoms with Gasteiger partial charge in [0.2, 0.25) is 5.91 Å². The Balaban J connectivity index is 2.60. The van der Waals surface area contributed by atoms with E-state index in [4.69, 9.17) is 5.11 Å². The average molecular weight is 241 g/mol. The second kappa shape index (κ2) is 6.03. The van der Waals surface area contributed by atoms with Crippen molar-refractivity contribution in [2.24, 2.45) is 5.92 Å². The Hall–Kier alpha value is -1.06. The molecule has 17 heavy (non-hydrogen) atoms. The first-order valence-corrected chi connectivity index (χ1v) is 6.53. The molecule has 1 rings (SSSR count). The molecule has 4 nitrogen and oxygen atoms in total. The Labute approximate surface area is 103 Å². The van der Waals surface area contributed by atoms with Crippen molar-refractivity contribution in [1.29, 1.82) is 0 Å². The minimum absolute atomic E-state index is 0.00926. The van der Waals surface area contributed by atoms with Gasteiger partial charge in [-0.25, -0.2) is 0 Å². The highest BCUT2D eigenvalue weighted by Gasteiger charge is 2.37. The van der Waals surface area contributed by atoms with E-state index < -0.39 is 11.5 Å². The summed E-state index contributed by atoms with van der Waals surface area (Å²) in [4.78, 5) is 22.9. The first kappa shape index (κ1) is 14.0. The molecule has 2 N–H and O–H groups in total. The van der Waals surface area contributed by atoms with Crippen molar-refractivity contribution in [3.63, 3.8) is 0 Å². The third kappa shape index (κ3) is 4.02. The summed E-state index contributed by atoms with van der Waals surface area (Å²) >= 11 is 0. The van der Waals surface area contributed by atoms with Crippen LogP contribution in [0.2, 0.25) is 0 Å². The molecule has 1 atom stereocenters. The van der Waals surface area contributed by atoms with Crippen LogP contribution in [0, 0.1) is 5.92 Å². The van der Waals surface area contributed by atoms with Gasteiger partial charge in [-0.15, -0.1) is 0 Å². The standard InChI is InChI=1S/C13H23NO3/c1-3-6-10(2)12(17)14-13(9-11(15)16)7-4-5-8-13/h10H,3-9H2,1-2H3,(H,14,17)(H,15,16). The summed E-state index contributed by atoms with van der Waals surface area (Å²) < 4.78 is 0. The molecule has 98 valence electrons. The summed E-state index contributed by atoms with van der Waals surface area (Å²) in [7, 11) is 0. The monoisotopic (exact) mass is 241 g/mol. The van der Waals surface area contributed by atoms with E-state index in [1.54, 1.807) is 0 Å². The van der Waals surface area contributed by atoms with Gasteiger partial charge in [0.1, 0.15) is 0 Å². The summed E-state index contributed by atoms with van der Waals surface area (Å²) in [6, 6.07) is 0. The number of amides is 1. The number of nitrogens with one attached hydrogen (secondary N) is 1. The largest absolute Gasteiger partial charge is 0.481 e. The van der Waals surface area contributed by atoms with Gasteiger partial charge in [0.05, 0.1) is 12.0 Å². The molecule has 0 radical (unpaired) electrons. The molecule has 0 aromatic heterocycles. The van der Waals surface area contributed by atoms with Crippen LogP contribution in [0.15, 0.2) is 0 Å². The van der Waals surface area contributed by atoms with E-state index in [0.29, 0.717) is 0 Å². The molecule has 1 aliphatic rings. The van der Waals surface area contributed by atoms with E-state index in [0.717, 1.165) is 38.5 Å². The molecule has 1 unspecified atom stereocenters. The number of carboxylic acids is 1. The number of aliphatic carboxylic acids is 1. The van der Waals surface area contributed by atoms with E-state index in [1.165, 1.54) is 0 Å². The van der Waals surface area contributed by atoms with Crippen molar-refractivity contribution < 1.29 is 14.7 Å². The Morgan fingerprint density at radius 1 is 1.35 bits per heavy atom. The van der Waals surface area contributed by atoms with E-state index in [9.17, 15) is 9.59 Å². The third-order valence-corrected chi connectivity index (χ3v) is 3.61. The number of carboxylic acid groups (broad SMARTS) is 1. The van der Waals surface area contributed by atoms with E-state index in [-0.39, 0.29) is 18.2 Å². The number of hydrogen-bond donors (Lipinski definition) is 2. The normalized spacial score (nSPS) is 19.9. The van der Waals surface area contributed by atoms with Gasteiger partial charge in [0.25, 0.3) is 0 Å². The average Bonchev–Trinajstić information content (AvgIpc) is 2.65.